The standard InChI is InChI=1S/C8H9ClO/c9-8(5-10)4-6-1-2-7(8)3-6/h1-2,5-7H,3-4H2/t6-,7+,8-/m1/s1. The lowest BCUT2D eigenvalue weighted by Crippen LogP contribution is -2.28. The van der Waals surface area contributed by atoms with Crippen LogP contribution in [0, 0.1) is 11.8 Å². The minimum Gasteiger partial charge on any atom is -0.301 e. The molecule has 0 saturated heterocycles. The summed E-state index contributed by atoms with van der Waals surface area (Å²) in [6.45, 7) is 0. The molecular formula is C8H9ClO. The zero-order chi connectivity index (χ0) is 7.19. The third-order valence-corrected chi connectivity index (χ3v) is 3.08. The Labute approximate surface area is 65.1 Å². The monoisotopic (exact) mass is 156 g/mol. The summed E-state index contributed by atoms with van der Waals surface area (Å²) in [5.74, 6) is 0.893. The molecule has 2 bridgehead atoms. The fourth-order valence-electron chi connectivity index (χ4n) is 1.97. The van der Waals surface area contributed by atoms with Crippen LogP contribution in [-0.4, -0.2) is 11.2 Å². The molecule has 0 spiro atoms. The van der Waals surface area contributed by atoms with E-state index >= 15 is 0 Å². The van der Waals surface area contributed by atoms with Crippen molar-refractivity contribution in [3.8, 4) is 0 Å². The molecule has 1 saturated carbocycles. The average Bonchev–Trinajstić information content (AvgIpc) is 2.46. The quantitative estimate of drug-likeness (QED) is 0.321. The van der Waals surface area contributed by atoms with E-state index in [2.05, 4.69) is 12.2 Å². The first-order valence-electron chi connectivity index (χ1n) is 3.58. The van der Waals surface area contributed by atoms with Gasteiger partial charge in [-0.05, 0) is 18.8 Å². The van der Waals surface area contributed by atoms with Crippen molar-refractivity contribution in [3.63, 3.8) is 0 Å². The number of rotatable bonds is 1. The highest BCUT2D eigenvalue weighted by Crippen LogP contribution is 2.48. The number of aldehydes is 1. The van der Waals surface area contributed by atoms with Gasteiger partial charge in [0.05, 0.1) is 0 Å². The van der Waals surface area contributed by atoms with E-state index < -0.39 is 4.87 Å². The van der Waals surface area contributed by atoms with Crippen molar-refractivity contribution in [3.05, 3.63) is 12.2 Å². The molecule has 1 fully saturated rings. The van der Waals surface area contributed by atoms with Crippen LogP contribution in [0.2, 0.25) is 0 Å². The minimum atomic E-state index is -0.542. The van der Waals surface area contributed by atoms with Crippen LogP contribution in [0.4, 0.5) is 0 Å². The third kappa shape index (κ3) is 0.671. The van der Waals surface area contributed by atoms with Gasteiger partial charge >= 0.3 is 0 Å². The van der Waals surface area contributed by atoms with Crippen LogP contribution in [-0.2, 0) is 4.79 Å². The first-order valence-corrected chi connectivity index (χ1v) is 3.96. The van der Waals surface area contributed by atoms with E-state index in [9.17, 15) is 4.79 Å². The normalized spacial score (nSPS) is 50.1. The van der Waals surface area contributed by atoms with Crippen LogP contribution in [0.15, 0.2) is 12.2 Å². The Kier molecular flexibility index (Phi) is 1.19. The van der Waals surface area contributed by atoms with Crippen LogP contribution in [0.25, 0.3) is 0 Å². The van der Waals surface area contributed by atoms with Gasteiger partial charge < -0.3 is 4.79 Å². The highest BCUT2D eigenvalue weighted by atomic mass is 35.5. The zero-order valence-electron chi connectivity index (χ0n) is 5.59. The highest BCUT2D eigenvalue weighted by molar-refractivity contribution is 6.32. The van der Waals surface area contributed by atoms with Crippen LogP contribution in [0.5, 0.6) is 0 Å². The summed E-state index contributed by atoms with van der Waals surface area (Å²) in [6, 6.07) is 0. The van der Waals surface area contributed by atoms with Gasteiger partial charge in [0, 0.05) is 5.92 Å². The maximum atomic E-state index is 10.6. The summed E-state index contributed by atoms with van der Waals surface area (Å²) in [4.78, 5) is 10.0. The van der Waals surface area contributed by atoms with Gasteiger partial charge in [-0.25, -0.2) is 0 Å². The van der Waals surface area contributed by atoms with Crippen LogP contribution >= 0.6 is 11.6 Å². The molecule has 1 nitrogen and oxygen atoms in total. The van der Waals surface area contributed by atoms with Crippen LogP contribution in [0.1, 0.15) is 12.8 Å². The second-order valence-electron chi connectivity index (χ2n) is 3.24. The number of hydrogen-bond donors (Lipinski definition) is 0. The summed E-state index contributed by atoms with van der Waals surface area (Å²) in [6.07, 6.45) is 7.09. The van der Waals surface area contributed by atoms with Crippen LogP contribution in [0.3, 0.4) is 0 Å². The van der Waals surface area contributed by atoms with E-state index in [0.717, 1.165) is 19.1 Å². The Balaban J connectivity index is 2.30. The molecule has 0 unspecified atom stereocenters. The van der Waals surface area contributed by atoms with E-state index in [4.69, 9.17) is 11.6 Å². The average molecular weight is 157 g/mol. The molecule has 3 atom stereocenters. The molecule has 0 amide bonds. The van der Waals surface area contributed by atoms with E-state index in [0.29, 0.717) is 11.8 Å². The first-order chi connectivity index (χ1) is 4.74. The van der Waals surface area contributed by atoms with Gasteiger partial charge in [0.1, 0.15) is 11.2 Å². The highest BCUT2D eigenvalue weighted by Gasteiger charge is 2.46. The first kappa shape index (κ1) is 6.41. The van der Waals surface area contributed by atoms with E-state index in [1.807, 2.05) is 0 Å². The molecule has 2 aliphatic rings. The topological polar surface area (TPSA) is 17.1 Å². The minimum absolute atomic E-state index is 0.316. The Morgan fingerprint density at radius 3 is 2.70 bits per heavy atom. The number of fused-ring (bicyclic) bond motifs is 2. The molecule has 10 heavy (non-hydrogen) atoms. The molecule has 54 valence electrons. The summed E-state index contributed by atoms with van der Waals surface area (Å²) >= 11 is 6.03. The van der Waals surface area contributed by atoms with Crippen molar-refractivity contribution in [2.75, 3.05) is 0 Å². The Hall–Kier alpha value is -0.300. The molecule has 0 N–H and O–H groups in total. The van der Waals surface area contributed by atoms with Crippen molar-refractivity contribution in [1.82, 2.24) is 0 Å². The predicted octanol–water partition coefficient (Wildman–Crippen LogP) is 1.76. The fraction of sp³-hybridized carbons (Fsp3) is 0.625. The molecular weight excluding hydrogens is 148 g/mol. The van der Waals surface area contributed by atoms with Gasteiger partial charge in [0.15, 0.2) is 0 Å². The number of hydrogen-bond acceptors (Lipinski definition) is 1. The fourth-order valence-corrected chi connectivity index (χ4v) is 2.33. The molecule has 0 heterocycles. The lowest BCUT2D eigenvalue weighted by Gasteiger charge is -2.20. The Morgan fingerprint density at radius 2 is 2.40 bits per heavy atom. The molecule has 2 heteroatoms. The molecule has 0 aromatic rings. The number of carbonyl (C=O) groups excluding carboxylic acids is 1. The van der Waals surface area contributed by atoms with Crippen molar-refractivity contribution >= 4 is 17.9 Å². The lowest BCUT2D eigenvalue weighted by atomic mass is 9.94. The zero-order valence-corrected chi connectivity index (χ0v) is 6.34. The molecule has 0 radical (unpaired) electrons. The summed E-state index contributed by atoms with van der Waals surface area (Å²) < 4.78 is 0. The van der Waals surface area contributed by atoms with Crippen molar-refractivity contribution in [2.24, 2.45) is 11.8 Å². The smallest absolute Gasteiger partial charge is 0.141 e. The van der Waals surface area contributed by atoms with Gasteiger partial charge in [-0.1, -0.05) is 12.2 Å². The number of halogens is 1. The Bertz CT molecular complexity index is 199. The SMILES string of the molecule is O=C[C@]1(Cl)C[C@@H]2C=C[C@H]1C2. The van der Waals surface area contributed by atoms with Crippen molar-refractivity contribution in [2.45, 2.75) is 17.7 Å². The summed E-state index contributed by atoms with van der Waals surface area (Å²) in [5.41, 5.74) is 0. The largest absolute Gasteiger partial charge is 0.301 e. The predicted molar refractivity (Wildman–Crippen MR) is 40.0 cm³/mol. The maximum absolute atomic E-state index is 10.6. The van der Waals surface area contributed by atoms with E-state index in [1.165, 1.54) is 0 Å². The van der Waals surface area contributed by atoms with Crippen molar-refractivity contribution in [1.29, 1.82) is 0 Å². The second-order valence-corrected chi connectivity index (χ2v) is 3.94. The molecule has 2 rings (SSSR count). The number of allylic oxidation sites excluding steroid dienone is 2. The van der Waals surface area contributed by atoms with Crippen LogP contribution < -0.4 is 0 Å². The van der Waals surface area contributed by atoms with Gasteiger partial charge in [0.2, 0.25) is 0 Å². The molecule has 0 aliphatic heterocycles. The van der Waals surface area contributed by atoms with Gasteiger partial charge in [-0.2, -0.15) is 0 Å². The van der Waals surface area contributed by atoms with Gasteiger partial charge in [-0.3, -0.25) is 0 Å². The number of carbonyl (C=O) groups is 1. The number of alkyl halides is 1. The molecule has 0 aromatic heterocycles. The van der Waals surface area contributed by atoms with Gasteiger partial charge in [-0.15, -0.1) is 11.6 Å². The van der Waals surface area contributed by atoms with E-state index in [1.54, 1.807) is 0 Å². The molecule has 0 aromatic carbocycles. The van der Waals surface area contributed by atoms with E-state index in [-0.39, 0.29) is 0 Å². The summed E-state index contributed by atoms with van der Waals surface area (Å²) in [7, 11) is 0. The van der Waals surface area contributed by atoms with Crippen molar-refractivity contribution < 1.29 is 4.79 Å². The lowest BCUT2D eigenvalue weighted by molar-refractivity contribution is -0.110. The van der Waals surface area contributed by atoms with Gasteiger partial charge in [0.25, 0.3) is 0 Å². The Morgan fingerprint density at radius 1 is 1.60 bits per heavy atom. The summed E-state index contributed by atoms with van der Waals surface area (Å²) in [5, 5.41) is 0. The third-order valence-electron chi connectivity index (χ3n) is 2.56. The maximum Gasteiger partial charge on any atom is 0.141 e. The second kappa shape index (κ2) is 1.85. The molecule has 2 aliphatic carbocycles.